The fraction of sp³-hybridized carbons (Fsp3) is 0.500. The highest BCUT2D eigenvalue weighted by molar-refractivity contribution is 7.80. The molecule has 1 aromatic heterocycles. The lowest BCUT2D eigenvalue weighted by Gasteiger charge is -2.18. The van der Waals surface area contributed by atoms with Crippen LogP contribution < -0.4 is 5.73 Å². The molecular weight excluding hydrogens is 172 g/mol. The number of thiocarbonyl (C=S) groups is 1. The molecule has 0 radical (unpaired) electrons. The lowest BCUT2D eigenvalue weighted by Crippen LogP contribution is -2.26. The van der Waals surface area contributed by atoms with E-state index in [0.29, 0.717) is 10.9 Å². The minimum atomic E-state index is 0.306. The van der Waals surface area contributed by atoms with Gasteiger partial charge < -0.3 is 10.3 Å². The molecule has 0 amide bonds. The molecule has 2 N–H and O–H groups in total. The zero-order chi connectivity index (χ0) is 8.55. The molecule has 64 valence electrons. The fourth-order valence-electron chi connectivity index (χ4n) is 1.55. The Morgan fingerprint density at radius 3 is 3.33 bits per heavy atom. The fourth-order valence-corrected chi connectivity index (χ4v) is 1.76. The number of fused-ring (bicyclic) bond motifs is 1. The van der Waals surface area contributed by atoms with Gasteiger partial charge in [-0.3, -0.25) is 0 Å². The smallest absolute Gasteiger partial charge is 0.140 e. The maximum absolute atomic E-state index is 5.56. The molecule has 1 heterocycles. The van der Waals surface area contributed by atoms with Crippen molar-refractivity contribution in [3.63, 3.8) is 0 Å². The van der Waals surface area contributed by atoms with Gasteiger partial charge in [0.2, 0.25) is 0 Å². The van der Waals surface area contributed by atoms with Gasteiger partial charge in [0, 0.05) is 17.9 Å². The lowest BCUT2D eigenvalue weighted by atomic mass is 9.89. The van der Waals surface area contributed by atoms with Crippen LogP contribution in [0, 0.1) is 5.92 Å². The Balaban J connectivity index is 2.20. The van der Waals surface area contributed by atoms with Gasteiger partial charge in [-0.05, 0) is 12.8 Å². The molecular formula is C8H10N2OS. The molecule has 3 nitrogen and oxygen atoms in total. The summed E-state index contributed by atoms with van der Waals surface area (Å²) in [4.78, 5) is 0.594. The van der Waals surface area contributed by atoms with Crippen LogP contribution in [0.25, 0.3) is 0 Å². The maximum atomic E-state index is 5.56. The van der Waals surface area contributed by atoms with E-state index in [1.807, 2.05) is 0 Å². The summed E-state index contributed by atoms with van der Waals surface area (Å²) in [7, 11) is 0. The Kier molecular flexibility index (Phi) is 1.84. The lowest BCUT2D eigenvalue weighted by molar-refractivity contribution is 0.361. The summed E-state index contributed by atoms with van der Waals surface area (Å²) in [5, 5.41) is 3.74. The third-order valence-corrected chi connectivity index (χ3v) is 2.66. The predicted octanol–water partition coefficient (Wildman–Crippen LogP) is 1.07. The quantitative estimate of drug-likeness (QED) is 0.660. The summed E-state index contributed by atoms with van der Waals surface area (Å²) in [6.45, 7) is 0. The first-order chi connectivity index (χ1) is 5.77. The van der Waals surface area contributed by atoms with Gasteiger partial charge >= 0.3 is 0 Å². The van der Waals surface area contributed by atoms with Crippen LogP contribution in [0.15, 0.2) is 10.7 Å². The van der Waals surface area contributed by atoms with Crippen LogP contribution in [0.1, 0.15) is 17.7 Å². The number of hydrogen-bond donors (Lipinski definition) is 1. The predicted molar refractivity (Wildman–Crippen MR) is 48.8 cm³/mol. The number of aryl methyl sites for hydroxylation is 1. The molecule has 12 heavy (non-hydrogen) atoms. The van der Waals surface area contributed by atoms with Crippen molar-refractivity contribution in [2.24, 2.45) is 11.7 Å². The van der Waals surface area contributed by atoms with Crippen molar-refractivity contribution in [3.8, 4) is 0 Å². The molecule has 1 aliphatic rings. The standard InChI is InChI=1S/C8H10N2OS/c9-8(12)5-1-2-6-4-10-11-7(6)3-5/h4-5H,1-3H2,(H2,9,12)/t5-/m0/s1. The van der Waals surface area contributed by atoms with Crippen LogP contribution in [0.4, 0.5) is 0 Å². The van der Waals surface area contributed by atoms with Crippen molar-refractivity contribution in [3.05, 3.63) is 17.5 Å². The zero-order valence-electron chi connectivity index (χ0n) is 6.62. The van der Waals surface area contributed by atoms with Gasteiger partial charge in [-0.1, -0.05) is 17.4 Å². The van der Waals surface area contributed by atoms with Crippen molar-refractivity contribution >= 4 is 17.2 Å². The van der Waals surface area contributed by atoms with Crippen LogP contribution in [0.3, 0.4) is 0 Å². The first-order valence-electron chi connectivity index (χ1n) is 3.99. The van der Waals surface area contributed by atoms with Gasteiger partial charge in [0.05, 0.1) is 11.2 Å². The van der Waals surface area contributed by atoms with E-state index >= 15 is 0 Å². The summed E-state index contributed by atoms with van der Waals surface area (Å²) in [5.74, 6) is 1.26. The summed E-state index contributed by atoms with van der Waals surface area (Å²) in [6.07, 6.45) is 4.63. The van der Waals surface area contributed by atoms with Gasteiger partial charge in [0.15, 0.2) is 0 Å². The highest BCUT2D eigenvalue weighted by atomic mass is 32.1. The molecule has 0 unspecified atom stereocenters. The van der Waals surface area contributed by atoms with Gasteiger partial charge in [0.1, 0.15) is 5.76 Å². The largest absolute Gasteiger partial charge is 0.393 e. The average Bonchev–Trinajstić information content (AvgIpc) is 2.49. The topological polar surface area (TPSA) is 52.0 Å². The van der Waals surface area contributed by atoms with Gasteiger partial charge in [-0.25, -0.2) is 0 Å². The van der Waals surface area contributed by atoms with E-state index in [2.05, 4.69) is 5.16 Å². The molecule has 0 aromatic carbocycles. The van der Waals surface area contributed by atoms with Crippen LogP contribution in [-0.2, 0) is 12.8 Å². The Morgan fingerprint density at radius 2 is 2.58 bits per heavy atom. The summed E-state index contributed by atoms with van der Waals surface area (Å²) in [5.41, 5.74) is 6.77. The maximum Gasteiger partial charge on any atom is 0.140 e. The molecule has 4 heteroatoms. The summed E-state index contributed by atoms with van der Waals surface area (Å²) < 4.78 is 5.07. The Labute approximate surface area is 75.9 Å². The second-order valence-electron chi connectivity index (χ2n) is 3.12. The van der Waals surface area contributed by atoms with Crippen LogP contribution in [0.5, 0.6) is 0 Å². The van der Waals surface area contributed by atoms with E-state index in [1.165, 1.54) is 5.56 Å². The van der Waals surface area contributed by atoms with Crippen molar-refractivity contribution in [1.29, 1.82) is 0 Å². The second kappa shape index (κ2) is 2.86. The molecule has 0 spiro atoms. The third-order valence-electron chi connectivity index (χ3n) is 2.33. The van der Waals surface area contributed by atoms with E-state index in [4.69, 9.17) is 22.5 Å². The second-order valence-corrected chi connectivity index (χ2v) is 3.59. The minimum absolute atomic E-state index is 0.306. The minimum Gasteiger partial charge on any atom is -0.393 e. The van der Waals surface area contributed by atoms with Gasteiger partial charge in [0.25, 0.3) is 0 Å². The van der Waals surface area contributed by atoms with Gasteiger partial charge in [-0.2, -0.15) is 0 Å². The monoisotopic (exact) mass is 182 g/mol. The number of aromatic nitrogens is 1. The number of hydrogen-bond acceptors (Lipinski definition) is 3. The molecule has 2 rings (SSSR count). The molecule has 0 saturated carbocycles. The first-order valence-corrected chi connectivity index (χ1v) is 4.40. The van der Waals surface area contributed by atoms with E-state index < -0.39 is 0 Å². The van der Waals surface area contributed by atoms with E-state index in [9.17, 15) is 0 Å². The summed E-state index contributed by atoms with van der Waals surface area (Å²) >= 11 is 4.93. The molecule has 0 fully saturated rings. The number of nitrogens with two attached hydrogens (primary N) is 1. The molecule has 0 bridgehead atoms. The SMILES string of the molecule is NC(=S)[C@H]1CCc2cnoc2C1. The molecule has 1 aliphatic carbocycles. The van der Waals surface area contributed by atoms with Crippen LogP contribution in [-0.4, -0.2) is 10.1 Å². The highest BCUT2D eigenvalue weighted by Gasteiger charge is 2.23. The molecule has 0 saturated heterocycles. The Morgan fingerprint density at radius 1 is 1.75 bits per heavy atom. The third kappa shape index (κ3) is 1.22. The molecule has 1 aromatic rings. The van der Waals surface area contributed by atoms with E-state index in [-0.39, 0.29) is 0 Å². The first kappa shape index (κ1) is 7.73. The normalized spacial score (nSPS) is 21.8. The van der Waals surface area contributed by atoms with Crippen molar-refractivity contribution in [2.45, 2.75) is 19.3 Å². The van der Waals surface area contributed by atoms with Gasteiger partial charge in [-0.15, -0.1) is 0 Å². The number of rotatable bonds is 1. The summed E-state index contributed by atoms with van der Waals surface area (Å²) in [6, 6.07) is 0. The Hall–Kier alpha value is -0.900. The highest BCUT2D eigenvalue weighted by Crippen LogP contribution is 2.25. The van der Waals surface area contributed by atoms with Crippen LogP contribution in [0.2, 0.25) is 0 Å². The van der Waals surface area contributed by atoms with Crippen molar-refractivity contribution in [2.75, 3.05) is 0 Å². The van der Waals surface area contributed by atoms with E-state index in [0.717, 1.165) is 25.0 Å². The van der Waals surface area contributed by atoms with Crippen molar-refractivity contribution in [1.82, 2.24) is 5.16 Å². The molecule has 1 atom stereocenters. The molecule has 0 aliphatic heterocycles. The van der Waals surface area contributed by atoms with Crippen LogP contribution >= 0.6 is 12.2 Å². The zero-order valence-corrected chi connectivity index (χ0v) is 7.43. The van der Waals surface area contributed by atoms with Crippen molar-refractivity contribution < 1.29 is 4.52 Å². The van der Waals surface area contributed by atoms with E-state index in [1.54, 1.807) is 6.20 Å². The average molecular weight is 182 g/mol. The Bertz CT molecular complexity index is 308. The number of nitrogens with zero attached hydrogens (tertiary/aromatic N) is 1.